The molecule has 138 valence electrons. The molecule has 2 aliphatic rings. The van der Waals surface area contributed by atoms with Gasteiger partial charge in [-0.05, 0) is 66.8 Å². The molecule has 2 fully saturated rings. The van der Waals surface area contributed by atoms with Crippen molar-refractivity contribution in [3.63, 3.8) is 0 Å². The minimum Gasteiger partial charge on any atom is -0.302 e. The Morgan fingerprint density at radius 3 is 2.50 bits per heavy atom. The van der Waals surface area contributed by atoms with Crippen LogP contribution >= 0.6 is 11.6 Å². The van der Waals surface area contributed by atoms with Gasteiger partial charge in [0.1, 0.15) is 0 Å². The van der Waals surface area contributed by atoms with E-state index >= 15 is 0 Å². The van der Waals surface area contributed by atoms with Crippen LogP contribution in [0.5, 0.6) is 0 Å². The second kappa shape index (κ2) is 8.15. The van der Waals surface area contributed by atoms with Gasteiger partial charge >= 0.3 is 0 Å². The van der Waals surface area contributed by atoms with Crippen LogP contribution in [0, 0.1) is 5.92 Å². The fourth-order valence-corrected chi connectivity index (χ4v) is 5.08. The summed E-state index contributed by atoms with van der Waals surface area (Å²) in [5, 5.41) is 1.01. The number of benzene rings is 2. The van der Waals surface area contributed by atoms with Gasteiger partial charge in [-0.25, -0.2) is 0 Å². The highest BCUT2D eigenvalue weighted by Gasteiger charge is 2.39. The van der Waals surface area contributed by atoms with Gasteiger partial charge in [0.25, 0.3) is 0 Å². The Morgan fingerprint density at radius 1 is 1.00 bits per heavy atom. The summed E-state index contributed by atoms with van der Waals surface area (Å²) in [6, 6.07) is 17.7. The van der Waals surface area contributed by atoms with E-state index in [9.17, 15) is 0 Å². The Hall–Kier alpha value is -1.31. The molecule has 2 aliphatic carbocycles. The average Bonchev–Trinajstić information content (AvgIpc) is 3.42. The Kier molecular flexibility index (Phi) is 5.66. The van der Waals surface area contributed by atoms with E-state index in [4.69, 9.17) is 11.6 Å². The third kappa shape index (κ3) is 4.32. The van der Waals surface area contributed by atoms with Gasteiger partial charge in [0, 0.05) is 18.1 Å². The summed E-state index contributed by atoms with van der Waals surface area (Å²) in [5.41, 5.74) is 4.24. The zero-order valence-corrected chi connectivity index (χ0v) is 16.6. The zero-order chi connectivity index (χ0) is 17.9. The first-order chi connectivity index (χ1) is 12.7. The molecule has 2 unspecified atom stereocenters. The van der Waals surface area contributed by atoms with Crippen molar-refractivity contribution in [2.24, 2.45) is 5.92 Å². The molecule has 0 radical (unpaired) electrons. The van der Waals surface area contributed by atoms with Crippen molar-refractivity contribution in [3.8, 4) is 0 Å². The van der Waals surface area contributed by atoms with Crippen molar-refractivity contribution in [1.82, 2.24) is 4.90 Å². The van der Waals surface area contributed by atoms with Crippen LogP contribution in [0.4, 0.5) is 0 Å². The summed E-state index contributed by atoms with van der Waals surface area (Å²) in [6.45, 7) is 2.20. The van der Waals surface area contributed by atoms with Crippen LogP contribution in [0.25, 0.3) is 0 Å². The topological polar surface area (TPSA) is 3.24 Å². The van der Waals surface area contributed by atoms with Crippen LogP contribution in [0.1, 0.15) is 67.1 Å². The van der Waals surface area contributed by atoms with Gasteiger partial charge in [0.15, 0.2) is 0 Å². The Bertz CT molecular complexity index is 720. The van der Waals surface area contributed by atoms with Gasteiger partial charge < -0.3 is 4.90 Å². The molecular formula is C24H30ClN. The summed E-state index contributed by atoms with van der Waals surface area (Å²) in [4.78, 5) is 2.46. The number of halogens is 1. The molecule has 0 heterocycles. The minimum absolute atomic E-state index is 0.692. The molecule has 1 nitrogen and oxygen atoms in total. The fraction of sp³-hybridized carbons (Fsp3) is 0.500. The van der Waals surface area contributed by atoms with Gasteiger partial charge in [0.05, 0.1) is 0 Å². The molecular weight excluding hydrogens is 338 g/mol. The molecule has 0 aromatic heterocycles. The third-order valence-electron chi connectivity index (χ3n) is 6.26. The van der Waals surface area contributed by atoms with E-state index in [0.717, 1.165) is 17.5 Å². The van der Waals surface area contributed by atoms with Gasteiger partial charge in [0.2, 0.25) is 0 Å². The van der Waals surface area contributed by atoms with Crippen molar-refractivity contribution in [2.75, 3.05) is 13.6 Å². The van der Waals surface area contributed by atoms with Crippen LogP contribution in [-0.2, 0) is 6.54 Å². The molecule has 0 bridgehead atoms. The summed E-state index contributed by atoms with van der Waals surface area (Å²) in [5.74, 6) is 2.17. The summed E-state index contributed by atoms with van der Waals surface area (Å²) in [7, 11) is 2.24. The second-order valence-electron chi connectivity index (χ2n) is 8.40. The summed E-state index contributed by atoms with van der Waals surface area (Å²) in [6.07, 6.45) is 8.05. The van der Waals surface area contributed by atoms with Crippen molar-refractivity contribution >= 4 is 11.6 Å². The first kappa shape index (κ1) is 18.1. The van der Waals surface area contributed by atoms with Crippen LogP contribution in [0.15, 0.2) is 48.5 Å². The zero-order valence-electron chi connectivity index (χ0n) is 15.8. The highest BCUT2D eigenvalue weighted by molar-refractivity contribution is 6.31. The maximum atomic E-state index is 6.68. The number of hydrogen-bond acceptors (Lipinski definition) is 1. The van der Waals surface area contributed by atoms with E-state index in [2.05, 4.69) is 60.5 Å². The minimum atomic E-state index is 0.692. The molecule has 2 aromatic carbocycles. The summed E-state index contributed by atoms with van der Waals surface area (Å²) >= 11 is 6.68. The maximum Gasteiger partial charge on any atom is 0.0443 e. The van der Waals surface area contributed by atoms with Crippen LogP contribution in [-0.4, -0.2) is 18.5 Å². The quantitative estimate of drug-likeness (QED) is 0.554. The Labute approximate surface area is 163 Å². The number of nitrogens with zero attached hydrogens (tertiary/aromatic N) is 1. The number of rotatable bonds is 6. The monoisotopic (exact) mass is 367 g/mol. The van der Waals surface area contributed by atoms with E-state index in [1.165, 1.54) is 61.8 Å². The smallest absolute Gasteiger partial charge is 0.0443 e. The van der Waals surface area contributed by atoms with Crippen LogP contribution < -0.4 is 0 Å². The molecule has 2 aromatic rings. The molecule has 0 aliphatic heterocycles. The Balaban J connectivity index is 1.33. The molecule has 0 N–H and O–H groups in total. The lowest BCUT2D eigenvalue weighted by Crippen LogP contribution is -2.20. The first-order valence-electron chi connectivity index (χ1n) is 10.2. The highest BCUT2D eigenvalue weighted by Crippen LogP contribution is 2.49. The van der Waals surface area contributed by atoms with Crippen LogP contribution in [0.2, 0.25) is 5.02 Å². The Morgan fingerprint density at radius 2 is 1.77 bits per heavy atom. The predicted molar refractivity (Wildman–Crippen MR) is 111 cm³/mol. The summed E-state index contributed by atoms with van der Waals surface area (Å²) < 4.78 is 0. The van der Waals surface area contributed by atoms with E-state index in [1.807, 2.05) is 0 Å². The van der Waals surface area contributed by atoms with Crippen molar-refractivity contribution < 1.29 is 0 Å². The van der Waals surface area contributed by atoms with Gasteiger partial charge in [-0.15, -0.1) is 0 Å². The molecule has 2 atom stereocenters. The lowest BCUT2D eigenvalue weighted by atomic mass is 9.83. The fourth-order valence-electron chi connectivity index (χ4n) is 4.74. The first-order valence-corrected chi connectivity index (χ1v) is 10.6. The average molecular weight is 368 g/mol. The lowest BCUT2D eigenvalue weighted by Gasteiger charge is -2.23. The maximum absolute atomic E-state index is 6.68. The standard InChI is InChI=1S/C24H30ClN/c1-26(16-18-8-4-2-5-9-18)17-21-14-23(21)20-12-13-22(24(25)15-20)19-10-6-3-7-11-19/h2,4-5,8-9,12-13,15,19,21,23H,3,6-7,10-11,14,16-17H2,1H3. The third-order valence-corrected chi connectivity index (χ3v) is 6.59. The highest BCUT2D eigenvalue weighted by atomic mass is 35.5. The SMILES string of the molecule is CN(Cc1ccccc1)CC1CC1c1ccc(C2CCCCC2)c(Cl)c1. The van der Waals surface area contributed by atoms with E-state index in [0.29, 0.717) is 11.8 Å². The van der Waals surface area contributed by atoms with Crippen LogP contribution in [0.3, 0.4) is 0 Å². The van der Waals surface area contributed by atoms with E-state index < -0.39 is 0 Å². The molecule has 0 saturated heterocycles. The van der Waals surface area contributed by atoms with Crippen molar-refractivity contribution in [3.05, 3.63) is 70.2 Å². The molecule has 26 heavy (non-hydrogen) atoms. The molecule has 0 spiro atoms. The van der Waals surface area contributed by atoms with E-state index in [1.54, 1.807) is 0 Å². The lowest BCUT2D eigenvalue weighted by molar-refractivity contribution is 0.310. The van der Waals surface area contributed by atoms with Gasteiger partial charge in [-0.2, -0.15) is 0 Å². The van der Waals surface area contributed by atoms with E-state index in [-0.39, 0.29) is 0 Å². The molecule has 2 heteroatoms. The largest absolute Gasteiger partial charge is 0.302 e. The normalized spacial score (nSPS) is 23.3. The van der Waals surface area contributed by atoms with Crippen molar-refractivity contribution in [2.45, 2.75) is 56.9 Å². The van der Waals surface area contributed by atoms with Gasteiger partial charge in [-0.3, -0.25) is 0 Å². The predicted octanol–water partition coefficient (Wildman–Crippen LogP) is 6.62. The second-order valence-corrected chi connectivity index (χ2v) is 8.81. The molecule has 0 amide bonds. The van der Waals surface area contributed by atoms with Crippen molar-refractivity contribution in [1.29, 1.82) is 0 Å². The van der Waals surface area contributed by atoms with Gasteiger partial charge in [-0.1, -0.05) is 73.3 Å². The molecule has 2 saturated carbocycles. The number of hydrogen-bond donors (Lipinski definition) is 0. The molecule has 4 rings (SSSR count).